The average molecular weight is 193 g/mol. The number of rotatable bonds is 1. The summed E-state index contributed by atoms with van der Waals surface area (Å²) in [5.74, 6) is 0.765. The van der Waals surface area contributed by atoms with Crippen LogP contribution in [0.3, 0.4) is 0 Å². The first kappa shape index (κ1) is 8.63. The third-order valence-corrected chi connectivity index (χ3v) is 2.49. The van der Waals surface area contributed by atoms with Gasteiger partial charge in [0.2, 0.25) is 0 Å². The van der Waals surface area contributed by atoms with Crippen molar-refractivity contribution >= 4 is 18.5 Å². The SMILES string of the molecule is CC1=N[C@@H](c2ccccc2S)CO1. The number of aliphatic imine (C=N–C) groups is 1. The number of nitrogens with zero attached hydrogens (tertiary/aromatic N) is 1. The van der Waals surface area contributed by atoms with Crippen molar-refractivity contribution in [3.05, 3.63) is 29.8 Å². The topological polar surface area (TPSA) is 21.6 Å². The molecule has 1 aliphatic heterocycles. The lowest BCUT2D eigenvalue weighted by molar-refractivity contribution is 0.316. The second kappa shape index (κ2) is 3.42. The zero-order valence-electron chi connectivity index (χ0n) is 7.40. The van der Waals surface area contributed by atoms with Gasteiger partial charge < -0.3 is 4.74 Å². The molecule has 0 spiro atoms. The number of hydrogen-bond donors (Lipinski definition) is 1. The number of thiol groups is 1. The fraction of sp³-hybridized carbons (Fsp3) is 0.300. The van der Waals surface area contributed by atoms with Crippen molar-refractivity contribution in [1.29, 1.82) is 0 Å². The number of hydrogen-bond acceptors (Lipinski definition) is 3. The Morgan fingerprint density at radius 2 is 2.23 bits per heavy atom. The maximum absolute atomic E-state index is 5.29. The highest BCUT2D eigenvalue weighted by Crippen LogP contribution is 2.27. The van der Waals surface area contributed by atoms with Crippen LogP contribution >= 0.6 is 12.6 Å². The minimum atomic E-state index is 0.133. The molecular formula is C10H11NOS. The molecular weight excluding hydrogens is 182 g/mol. The molecule has 0 amide bonds. The molecule has 0 unspecified atom stereocenters. The molecule has 1 aliphatic rings. The van der Waals surface area contributed by atoms with Crippen LogP contribution in [0.5, 0.6) is 0 Å². The van der Waals surface area contributed by atoms with Gasteiger partial charge in [-0.15, -0.1) is 12.6 Å². The zero-order chi connectivity index (χ0) is 9.26. The zero-order valence-corrected chi connectivity index (χ0v) is 8.29. The minimum Gasteiger partial charge on any atom is -0.479 e. The lowest BCUT2D eigenvalue weighted by atomic mass is 10.1. The van der Waals surface area contributed by atoms with Gasteiger partial charge in [-0.1, -0.05) is 18.2 Å². The molecule has 0 bridgehead atoms. The summed E-state index contributed by atoms with van der Waals surface area (Å²) in [6.07, 6.45) is 0. The molecule has 0 saturated carbocycles. The van der Waals surface area contributed by atoms with E-state index in [0.717, 1.165) is 16.4 Å². The third-order valence-electron chi connectivity index (χ3n) is 2.08. The quantitative estimate of drug-likeness (QED) is 0.680. The summed E-state index contributed by atoms with van der Waals surface area (Å²) in [5, 5.41) is 0. The predicted molar refractivity (Wildman–Crippen MR) is 55.5 cm³/mol. The maximum Gasteiger partial charge on any atom is 0.180 e. The van der Waals surface area contributed by atoms with E-state index in [-0.39, 0.29) is 6.04 Å². The van der Waals surface area contributed by atoms with Crippen molar-refractivity contribution in [2.75, 3.05) is 6.61 Å². The normalized spacial score (nSPS) is 21.1. The fourth-order valence-electron chi connectivity index (χ4n) is 1.42. The minimum absolute atomic E-state index is 0.133. The van der Waals surface area contributed by atoms with Crippen LogP contribution in [-0.4, -0.2) is 12.5 Å². The van der Waals surface area contributed by atoms with Gasteiger partial charge >= 0.3 is 0 Å². The molecule has 68 valence electrons. The van der Waals surface area contributed by atoms with Gasteiger partial charge in [0.1, 0.15) is 12.6 Å². The van der Waals surface area contributed by atoms with E-state index < -0.39 is 0 Å². The Morgan fingerprint density at radius 1 is 1.46 bits per heavy atom. The van der Waals surface area contributed by atoms with Crippen molar-refractivity contribution < 1.29 is 4.74 Å². The second-order valence-electron chi connectivity index (χ2n) is 3.03. The molecule has 0 fully saturated rings. The summed E-state index contributed by atoms with van der Waals surface area (Å²) < 4.78 is 5.29. The van der Waals surface area contributed by atoms with Crippen LogP contribution in [-0.2, 0) is 4.74 Å². The first-order valence-electron chi connectivity index (χ1n) is 4.22. The van der Waals surface area contributed by atoms with Crippen LogP contribution in [0.25, 0.3) is 0 Å². The van der Waals surface area contributed by atoms with Gasteiger partial charge in [-0.2, -0.15) is 0 Å². The van der Waals surface area contributed by atoms with Crippen LogP contribution in [0.4, 0.5) is 0 Å². The molecule has 3 heteroatoms. The molecule has 0 saturated heterocycles. The van der Waals surface area contributed by atoms with Gasteiger partial charge in [0, 0.05) is 11.8 Å². The first-order chi connectivity index (χ1) is 6.27. The summed E-state index contributed by atoms with van der Waals surface area (Å²) >= 11 is 4.38. The molecule has 0 aliphatic carbocycles. The van der Waals surface area contributed by atoms with E-state index in [1.54, 1.807) is 0 Å². The van der Waals surface area contributed by atoms with Crippen LogP contribution in [0.15, 0.2) is 34.2 Å². The summed E-state index contributed by atoms with van der Waals surface area (Å²) in [6, 6.07) is 8.12. The summed E-state index contributed by atoms with van der Waals surface area (Å²) in [5.41, 5.74) is 1.14. The van der Waals surface area contributed by atoms with Gasteiger partial charge in [-0.3, -0.25) is 0 Å². The summed E-state index contributed by atoms with van der Waals surface area (Å²) in [6.45, 7) is 2.52. The lowest BCUT2D eigenvalue weighted by Crippen LogP contribution is -1.98. The van der Waals surface area contributed by atoms with E-state index >= 15 is 0 Å². The van der Waals surface area contributed by atoms with Crippen molar-refractivity contribution in [3.8, 4) is 0 Å². The molecule has 1 atom stereocenters. The van der Waals surface area contributed by atoms with Gasteiger partial charge in [-0.25, -0.2) is 4.99 Å². The standard InChI is InChI=1S/C10H11NOS/c1-7-11-9(6-12-7)8-4-2-3-5-10(8)13/h2-5,9,13H,6H2,1H3/t9-/m1/s1. The largest absolute Gasteiger partial charge is 0.479 e. The van der Waals surface area contributed by atoms with Crippen LogP contribution in [0.2, 0.25) is 0 Å². The molecule has 1 aromatic carbocycles. The fourth-order valence-corrected chi connectivity index (χ4v) is 1.73. The highest BCUT2D eigenvalue weighted by atomic mass is 32.1. The monoisotopic (exact) mass is 193 g/mol. The predicted octanol–water partition coefficient (Wildman–Crippen LogP) is 2.47. The van der Waals surface area contributed by atoms with Crippen LogP contribution in [0.1, 0.15) is 18.5 Å². The van der Waals surface area contributed by atoms with E-state index in [4.69, 9.17) is 4.74 Å². The van der Waals surface area contributed by atoms with E-state index in [2.05, 4.69) is 17.6 Å². The Labute approximate surface area is 83.0 Å². The Balaban J connectivity index is 2.31. The molecule has 1 heterocycles. The van der Waals surface area contributed by atoms with Crippen molar-refractivity contribution in [2.45, 2.75) is 17.9 Å². The van der Waals surface area contributed by atoms with Crippen molar-refractivity contribution in [2.24, 2.45) is 4.99 Å². The van der Waals surface area contributed by atoms with E-state index in [0.29, 0.717) is 6.61 Å². The third kappa shape index (κ3) is 1.70. The van der Waals surface area contributed by atoms with E-state index in [9.17, 15) is 0 Å². The second-order valence-corrected chi connectivity index (χ2v) is 3.52. The number of benzene rings is 1. The van der Waals surface area contributed by atoms with Crippen LogP contribution in [0, 0.1) is 0 Å². The molecule has 2 nitrogen and oxygen atoms in total. The van der Waals surface area contributed by atoms with Crippen molar-refractivity contribution in [3.63, 3.8) is 0 Å². The van der Waals surface area contributed by atoms with Crippen LogP contribution < -0.4 is 0 Å². The highest BCUT2D eigenvalue weighted by Gasteiger charge is 2.19. The molecule has 0 radical (unpaired) electrons. The van der Waals surface area contributed by atoms with E-state index in [1.807, 2.05) is 31.2 Å². The first-order valence-corrected chi connectivity index (χ1v) is 4.67. The smallest absolute Gasteiger partial charge is 0.180 e. The molecule has 2 rings (SSSR count). The molecule has 0 aromatic heterocycles. The van der Waals surface area contributed by atoms with Gasteiger partial charge in [0.05, 0.1) is 0 Å². The molecule has 0 N–H and O–H groups in total. The Kier molecular flexibility index (Phi) is 2.27. The maximum atomic E-state index is 5.29. The highest BCUT2D eigenvalue weighted by molar-refractivity contribution is 7.80. The lowest BCUT2D eigenvalue weighted by Gasteiger charge is -2.07. The van der Waals surface area contributed by atoms with Gasteiger partial charge in [-0.05, 0) is 11.6 Å². The van der Waals surface area contributed by atoms with Gasteiger partial charge in [0.25, 0.3) is 0 Å². The van der Waals surface area contributed by atoms with E-state index in [1.165, 1.54) is 0 Å². The number of ether oxygens (including phenoxy) is 1. The Morgan fingerprint density at radius 3 is 2.85 bits per heavy atom. The van der Waals surface area contributed by atoms with Crippen molar-refractivity contribution in [1.82, 2.24) is 0 Å². The summed E-state index contributed by atoms with van der Waals surface area (Å²) in [7, 11) is 0. The Hall–Kier alpha value is -0.960. The molecule has 1 aromatic rings. The average Bonchev–Trinajstić information content (AvgIpc) is 2.53. The van der Waals surface area contributed by atoms with Gasteiger partial charge in [0.15, 0.2) is 5.90 Å². The Bertz CT molecular complexity index is 349. The molecule has 13 heavy (non-hydrogen) atoms. The summed E-state index contributed by atoms with van der Waals surface area (Å²) in [4.78, 5) is 5.35.